The molecule has 1 aromatic carbocycles. The summed E-state index contributed by atoms with van der Waals surface area (Å²) in [5.74, 6) is 0. The molecular formula is C12H18N4O. The molecule has 1 heterocycles. The molecule has 17 heavy (non-hydrogen) atoms. The van der Waals surface area contributed by atoms with E-state index in [0.29, 0.717) is 0 Å². The fourth-order valence-corrected chi connectivity index (χ4v) is 1.99. The Hall–Kier alpha value is -1.75. The van der Waals surface area contributed by atoms with Gasteiger partial charge in [0.1, 0.15) is 0 Å². The van der Waals surface area contributed by atoms with Crippen LogP contribution in [0.3, 0.4) is 0 Å². The molecule has 1 aliphatic heterocycles. The van der Waals surface area contributed by atoms with Crippen molar-refractivity contribution in [1.82, 2.24) is 4.90 Å². The van der Waals surface area contributed by atoms with Gasteiger partial charge in [0, 0.05) is 37.6 Å². The predicted octanol–water partition coefficient (Wildman–Crippen LogP) is 0.929. The average molecular weight is 234 g/mol. The Labute approximate surface area is 101 Å². The maximum atomic E-state index is 10.8. The van der Waals surface area contributed by atoms with Crippen LogP contribution >= 0.6 is 0 Å². The minimum absolute atomic E-state index is 0.527. The fraction of sp³-hybridized carbons (Fsp3) is 0.417. The van der Waals surface area contributed by atoms with Crippen LogP contribution in [0.1, 0.15) is 0 Å². The molecule has 1 fully saturated rings. The number of hydrogen-bond donors (Lipinski definition) is 2. The van der Waals surface area contributed by atoms with Gasteiger partial charge in [-0.05, 0) is 25.2 Å². The van der Waals surface area contributed by atoms with Crippen LogP contribution in [0.2, 0.25) is 0 Å². The van der Waals surface area contributed by atoms with Crippen molar-refractivity contribution in [2.45, 2.75) is 0 Å². The summed E-state index contributed by atoms with van der Waals surface area (Å²) in [6.07, 6.45) is 0. The highest BCUT2D eigenvalue weighted by molar-refractivity contribution is 5.88. The molecule has 1 saturated heterocycles. The van der Waals surface area contributed by atoms with Gasteiger partial charge in [-0.25, -0.2) is 4.79 Å². The van der Waals surface area contributed by atoms with E-state index >= 15 is 0 Å². The van der Waals surface area contributed by atoms with Crippen LogP contribution in [0.15, 0.2) is 24.3 Å². The summed E-state index contributed by atoms with van der Waals surface area (Å²) in [7, 11) is 2.13. The van der Waals surface area contributed by atoms with E-state index < -0.39 is 6.03 Å². The van der Waals surface area contributed by atoms with Crippen molar-refractivity contribution in [3.63, 3.8) is 0 Å². The number of likely N-dealkylation sites (N-methyl/N-ethyl adjacent to an activating group) is 1. The van der Waals surface area contributed by atoms with Gasteiger partial charge in [-0.15, -0.1) is 0 Å². The first-order chi connectivity index (χ1) is 8.15. The predicted molar refractivity (Wildman–Crippen MR) is 69.4 cm³/mol. The number of hydrogen-bond acceptors (Lipinski definition) is 3. The summed E-state index contributed by atoms with van der Waals surface area (Å²) >= 11 is 0. The standard InChI is InChI=1S/C12H18N4O/c1-15-5-7-16(8-6-15)11-4-2-3-10(9-11)14-12(13)17/h2-4,9H,5-8H2,1H3,(H3,13,14,17). The molecule has 0 saturated carbocycles. The van der Waals surface area contributed by atoms with Crippen LogP contribution in [0, 0.1) is 0 Å². The lowest BCUT2D eigenvalue weighted by Crippen LogP contribution is -2.44. The smallest absolute Gasteiger partial charge is 0.316 e. The van der Waals surface area contributed by atoms with Gasteiger partial charge in [0.15, 0.2) is 0 Å². The zero-order valence-corrected chi connectivity index (χ0v) is 10.0. The quantitative estimate of drug-likeness (QED) is 0.800. The fourth-order valence-electron chi connectivity index (χ4n) is 1.99. The molecule has 0 aliphatic carbocycles. The Balaban J connectivity index is 2.07. The topological polar surface area (TPSA) is 61.6 Å². The molecule has 3 N–H and O–H groups in total. The molecule has 5 heteroatoms. The second-order valence-electron chi connectivity index (χ2n) is 4.33. The van der Waals surface area contributed by atoms with Gasteiger partial charge in [-0.1, -0.05) is 6.07 Å². The molecule has 0 aromatic heterocycles. The second kappa shape index (κ2) is 5.05. The third-order valence-corrected chi connectivity index (χ3v) is 2.98. The number of urea groups is 1. The summed E-state index contributed by atoms with van der Waals surface area (Å²) in [6.45, 7) is 4.15. The largest absolute Gasteiger partial charge is 0.369 e. The van der Waals surface area contributed by atoms with Crippen LogP contribution in [0.25, 0.3) is 0 Å². The first kappa shape index (κ1) is 11.7. The zero-order chi connectivity index (χ0) is 12.3. The van der Waals surface area contributed by atoms with Gasteiger partial charge >= 0.3 is 6.03 Å². The van der Waals surface area contributed by atoms with Gasteiger partial charge in [0.2, 0.25) is 0 Å². The van der Waals surface area contributed by atoms with Crippen molar-refractivity contribution >= 4 is 17.4 Å². The van der Waals surface area contributed by atoms with E-state index in [4.69, 9.17) is 5.73 Å². The Morgan fingerprint density at radius 3 is 2.65 bits per heavy atom. The Kier molecular flexibility index (Phi) is 3.49. The molecule has 1 aliphatic rings. The third kappa shape index (κ3) is 3.10. The Bertz CT molecular complexity index is 399. The molecule has 0 radical (unpaired) electrons. The molecule has 0 spiro atoms. The summed E-state index contributed by atoms with van der Waals surface area (Å²) < 4.78 is 0. The highest BCUT2D eigenvalue weighted by Crippen LogP contribution is 2.20. The van der Waals surface area contributed by atoms with E-state index in [1.807, 2.05) is 18.2 Å². The number of amides is 2. The van der Waals surface area contributed by atoms with E-state index in [1.54, 1.807) is 0 Å². The summed E-state index contributed by atoms with van der Waals surface area (Å²) in [5.41, 5.74) is 6.97. The molecule has 92 valence electrons. The molecular weight excluding hydrogens is 216 g/mol. The number of anilines is 2. The van der Waals surface area contributed by atoms with Crippen LogP contribution in [-0.4, -0.2) is 44.2 Å². The van der Waals surface area contributed by atoms with E-state index in [1.165, 1.54) is 0 Å². The van der Waals surface area contributed by atoms with Crippen molar-refractivity contribution in [3.8, 4) is 0 Å². The number of carbonyl (C=O) groups is 1. The Morgan fingerprint density at radius 1 is 1.29 bits per heavy atom. The monoisotopic (exact) mass is 234 g/mol. The summed E-state index contributed by atoms with van der Waals surface area (Å²) in [5, 5.41) is 2.59. The van der Waals surface area contributed by atoms with Crippen molar-refractivity contribution in [3.05, 3.63) is 24.3 Å². The van der Waals surface area contributed by atoms with Crippen molar-refractivity contribution < 1.29 is 4.79 Å². The van der Waals surface area contributed by atoms with Gasteiger partial charge < -0.3 is 20.9 Å². The normalized spacial score (nSPS) is 16.9. The van der Waals surface area contributed by atoms with Crippen LogP contribution in [0.4, 0.5) is 16.2 Å². The third-order valence-electron chi connectivity index (χ3n) is 2.98. The lowest BCUT2D eigenvalue weighted by molar-refractivity contribution is 0.259. The van der Waals surface area contributed by atoms with Crippen LogP contribution in [0.5, 0.6) is 0 Å². The van der Waals surface area contributed by atoms with Crippen LogP contribution in [-0.2, 0) is 0 Å². The van der Waals surface area contributed by atoms with Crippen molar-refractivity contribution in [2.24, 2.45) is 5.73 Å². The summed E-state index contributed by atoms with van der Waals surface area (Å²) in [4.78, 5) is 15.4. The maximum Gasteiger partial charge on any atom is 0.316 e. The van der Waals surface area contributed by atoms with Gasteiger partial charge in [-0.2, -0.15) is 0 Å². The zero-order valence-electron chi connectivity index (χ0n) is 10.0. The van der Waals surface area contributed by atoms with Gasteiger partial charge in [0.05, 0.1) is 0 Å². The highest BCUT2D eigenvalue weighted by Gasteiger charge is 2.14. The Morgan fingerprint density at radius 2 is 2.00 bits per heavy atom. The van der Waals surface area contributed by atoms with E-state index in [9.17, 15) is 4.79 Å². The average Bonchev–Trinajstić information content (AvgIpc) is 2.29. The van der Waals surface area contributed by atoms with E-state index in [-0.39, 0.29) is 0 Å². The molecule has 2 amide bonds. The number of nitrogens with two attached hydrogens (primary N) is 1. The van der Waals surface area contributed by atoms with Crippen LogP contribution < -0.4 is 16.0 Å². The van der Waals surface area contributed by atoms with E-state index in [0.717, 1.165) is 37.6 Å². The molecule has 5 nitrogen and oxygen atoms in total. The molecule has 0 bridgehead atoms. The highest BCUT2D eigenvalue weighted by atomic mass is 16.2. The van der Waals surface area contributed by atoms with E-state index in [2.05, 4.69) is 28.2 Å². The number of rotatable bonds is 2. The van der Waals surface area contributed by atoms with Crippen molar-refractivity contribution in [2.75, 3.05) is 43.4 Å². The number of nitrogens with one attached hydrogen (secondary N) is 1. The number of carbonyl (C=O) groups excluding carboxylic acids is 1. The second-order valence-corrected chi connectivity index (χ2v) is 4.33. The lowest BCUT2D eigenvalue weighted by atomic mass is 10.2. The van der Waals surface area contributed by atoms with Gasteiger partial charge in [0.25, 0.3) is 0 Å². The lowest BCUT2D eigenvalue weighted by Gasteiger charge is -2.34. The minimum atomic E-state index is -0.527. The number of piperazine rings is 1. The van der Waals surface area contributed by atoms with Gasteiger partial charge in [-0.3, -0.25) is 0 Å². The first-order valence-corrected chi connectivity index (χ1v) is 5.75. The minimum Gasteiger partial charge on any atom is -0.369 e. The first-order valence-electron chi connectivity index (χ1n) is 5.75. The molecule has 2 rings (SSSR count). The number of nitrogens with zero attached hydrogens (tertiary/aromatic N) is 2. The number of benzene rings is 1. The van der Waals surface area contributed by atoms with Crippen molar-refractivity contribution in [1.29, 1.82) is 0 Å². The maximum absolute atomic E-state index is 10.8. The molecule has 1 aromatic rings. The number of primary amides is 1. The molecule has 0 atom stereocenters. The summed E-state index contributed by atoms with van der Waals surface area (Å²) in [6, 6.07) is 7.25. The molecule has 0 unspecified atom stereocenters. The SMILES string of the molecule is CN1CCN(c2cccc(NC(N)=O)c2)CC1.